The summed E-state index contributed by atoms with van der Waals surface area (Å²) >= 11 is 1.16. The summed E-state index contributed by atoms with van der Waals surface area (Å²) < 4.78 is 19.6. The van der Waals surface area contributed by atoms with Crippen molar-refractivity contribution in [2.45, 2.75) is 0 Å². The number of thiophene rings is 1. The van der Waals surface area contributed by atoms with Crippen LogP contribution < -0.4 is 4.74 Å². The Morgan fingerprint density at radius 2 is 1.85 bits per heavy atom. The Balaban J connectivity index is 1.39. The third-order valence-corrected chi connectivity index (χ3v) is 5.52. The Kier molecular flexibility index (Phi) is 4.72. The molecular formula is C19H16FN3O3S. The maximum absolute atomic E-state index is 13.8. The van der Waals surface area contributed by atoms with Crippen molar-refractivity contribution in [1.29, 1.82) is 0 Å². The van der Waals surface area contributed by atoms with Gasteiger partial charge in [-0.05, 0) is 29.7 Å². The minimum absolute atomic E-state index is 0.143. The Morgan fingerprint density at radius 3 is 2.56 bits per heavy atom. The number of benzene rings is 1. The summed E-state index contributed by atoms with van der Waals surface area (Å²) in [6.45, 7) is 1.56. The zero-order valence-corrected chi connectivity index (χ0v) is 15.1. The van der Waals surface area contributed by atoms with Gasteiger partial charge in [0.1, 0.15) is 5.82 Å². The van der Waals surface area contributed by atoms with Crippen LogP contribution in [0.4, 0.5) is 9.18 Å². The third kappa shape index (κ3) is 3.61. The van der Waals surface area contributed by atoms with E-state index in [4.69, 9.17) is 4.74 Å². The first-order chi connectivity index (χ1) is 13.1. The fourth-order valence-electron chi connectivity index (χ4n) is 2.95. The summed E-state index contributed by atoms with van der Waals surface area (Å²) in [6.07, 6.45) is 2.61. The highest BCUT2D eigenvalue weighted by Crippen LogP contribution is 2.29. The molecule has 138 valence electrons. The van der Waals surface area contributed by atoms with Crippen molar-refractivity contribution in [2.75, 3.05) is 26.2 Å². The van der Waals surface area contributed by atoms with E-state index in [2.05, 4.69) is 4.98 Å². The van der Waals surface area contributed by atoms with E-state index in [9.17, 15) is 14.0 Å². The number of pyridine rings is 1. The molecule has 3 heterocycles. The molecule has 1 aliphatic rings. The van der Waals surface area contributed by atoms with Crippen LogP contribution in [0.25, 0.3) is 10.1 Å². The molecule has 1 aliphatic heterocycles. The molecule has 0 radical (unpaired) electrons. The quantitative estimate of drug-likeness (QED) is 0.678. The van der Waals surface area contributed by atoms with Gasteiger partial charge >= 0.3 is 6.09 Å². The van der Waals surface area contributed by atoms with Gasteiger partial charge in [0, 0.05) is 32.4 Å². The van der Waals surface area contributed by atoms with Crippen LogP contribution in [0.1, 0.15) is 9.67 Å². The summed E-state index contributed by atoms with van der Waals surface area (Å²) in [4.78, 5) is 32.6. The van der Waals surface area contributed by atoms with Gasteiger partial charge in [0.25, 0.3) is 5.91 Å². The lowest BCUT2D eigenvalue weighted by atomic mass is 10.2. The van der Waals surface area contributed by atoms with Gasteiger partial charge in [-0.3, -0.25) is 9.78 Å². The van der Waals surface area contributed by atoms with Crippen LogP contribution in [0.2, 0.25) is 0 Å². The monoisotopic (exact) mass is 385 g/mol. The summed E-state index contributed by atoms with van der Waals surface area (Å²) in [5, 5.41) is 0.724. The number of hydrogen-bond acceptors (Lipinski definition) is 5. The smallest absolute Gasteiger partial charge is 0.409 e. The molecular weight excluding hydrogens is 369 g/mol. The molecule has 1 saturated heterocycles. The Hall–Kier alpha value is -3.00. The van der Waals surface area contributed by atoms with Crippen LogP contribution in [0.3, 0.4) is 0 Å². The van der Waals surface area contributed by atoms with E-state index in [0.717, 1.165) is 16.7 Å². The number of amides is 2. The summed E-state index contributed by atoms with van der Waals surface area (Å²) in [5.41, 5.74) is 0. The molecule has 4 rings (SSSR count). The van der Waals surface area contributed by atoms with E-state index < -0.39 is 6.09 Å². The number of fused-ring (bicyclic) bond motifs is 1. The van der Waals surface area contributed by atoms with Gasteiger partial charge in [-0.15, -0.1) is 11.3 Å². The van der Waals surface area contributed by atoms with Crippen LogP contribution in [0.5, 0.6) is 5.75 Å². The van der Waals surface area contributed by atoms with Crippen molar-refractivity contribution in [3.8, 4) is 5.75 Å². The van der Waals surface area contributed by atoms with Gasteiger partial charge in [-0.2, -0.15) is 0 Å². The predicted molar refractivity (Wildman–Crippen MR) is 99.5 cm³/mol. The van der Waals surface area contributed by atoms with Crippen molar-refractivity contribution in [1.82, 2.24) is 14.8 Å². The minimum Gasteiger partial charge on any atom is -0.409 e. The molecule has 0 spiro atoms. The summed E-state index contributed by atoms with van der Waals surface area (Å²) in [7, 11) is 0. The molecule has 27 heavy (non-hydrogen) atoms. The number of nitrogens with zero attached hydrogens (tertiary/aromatic N) is 3. The van der Waals surface area contributed by atoms with E-state index in [0.29, 0.717) is 41.5 Å². The number of piperazine rings is 1. The SMILES string of the molecule is O=C(Oc1cccnc1)N1CCN(C(=O)c2cc3cccc(F)c3s2)CC1. The number of halogens is 1. The van der Waals surface area contributed by atoms with E-state index in [1.807, 2.05) is 0 Å². The van der Waals surface area contributed by atoms with Crippen LogP contribution in [0.15, 0.2) is 48.8 Å². The molecule has 0 unspecified atom stereocenters. The maximum atomic E-state index is 13.8. The topological polar surface area (TPSA) is 62.7 Å². The number of carbonyl (C=O) groups excluding carboxylic acids is 2. The fraction of sp³-hybridized carbons (Fsp3) is 0.211. The highest BCUT2D eigenvalue weighted by Gasteiger charge is 2.27. The number of carbonyl (C=O) groups is 2. The minimum atomic E-state index is -0.459. The molecule has 8 heteroatoms. The lowest BCUT2D eigenvalue weighted by Gasteiger charge is -2.33. The second kappa shape index (κ2) is 7.32. The maximum Gasteiger partial charge on any atom is 0.415 e. The van der Waals surface area contributed by atoms with Crippen molar-refractivity contribution in [3.05, 3.63) is 59.5 Å². The third-order valence-electron chi connectivity index (χ3n) is 4.37. The molecule has 0 N–H and O–H groups in total. The van der Waals surface area contributed by atoms with Crippen molar-refractivity contribution < 1.29 is 18.7 Å². The molecule has 1 fully saturated rings. The highest BCUT2D eigenvalue weighted by molar-refractivity contribution is 7.20. The number of rotatable bonds is 2. The molecule has 0 aliphatic carbocycles. The standard InChI is InChI=1S/C19H16FN3O3S/c20-15-5-1-3-13-11-16(27-17(13)15)18(24)22-7-9-23(10-8-22)19(25)26-14-4-2-6-21-12-14/h1-6,11-12H,7-10H2. The zero-order chi connectivity index (χ0) is 18.8. The van der Waals surface area contributed by atoms with Crippen molar-refractivity contribution >= 4 is 33.4 Å². The van der Waals surface area contributed by atoms with Crippen LogP contribution in [0, 0.1) is 5.82 Å². The van der Waals surface area contributed by atoms with Gasteiger partial charge < -0.3 is 14.5 Å². The summed E-state index contributed by atoms with van der Waals surface area (Å²) in [5.74, 6) is -0.0799. The van der Waals surface area contributed by atoms with E-state index in [-0.39, 0.29) is 11.7 Å². The van der Waals surface area contributed by atoms with Gasteiger partial charge in [0.15, 0.2) is 5.75 Å². The molecule has 2 amide bonds. The molecule has 3 aromatic rings. The molecule has 0 saturated carbocycles. The van der Waals surface area contributed by atoms with Gasteiger partial charge in [-0.1, -0.05) is 12.1 Å². The van der Waals surface area contributed by atoms with E-state index in [1.165, 1.54) is 12.3 Å². The Bertz CT molecular complexity index is 984. The Morgan fingerprint density at radius 1 is 1.07 bits per heavy atom. The zero-order valence-electron chi connectivity index (χ0n) is 14.3. The van der Waals surface area contributed by atoms with Crippen molar-refractivity contribution in [2.24, 2.45) is 0 Å². The average molecular weight is 385 g/mol. The predicted octanol–water partition coefficient (Wildman–Crippen LogP) is 3.39. The Labute approximate surface area is 158 Å². The highest BCUT2D eigenvalue weighted by atomic mass is 32.1. The first kappa shape index (κ1) is 17.4. The van der Waals surface area contributed by atoms with Crippen LogP contribution in [-0.2, 0) is 0 Å². The lowest BCUT2D eigenvalue weighted by Crippen LogP contribution is -2.51. The largest absolute Gasteiger partial charge is 0.415 e. The van der Waals surface area contributed by atoms with Gasteiger partial charge in [0.05, 0.1) is 15.8 Å². The molecule has 6 nitrogen and oxygen atoms in total. The first-order valence-corrected chi connectivity index (χ1v) is 9.27. The first-order valence-electron chi connectivity index (χ1n) is 8.46. The second-order valence-electron chi connectivity index (χ2n) is 6.10. The van der Waals surface area contributed by atoms with E-state index in [1.54, 1.807) is 46.3 Å². The lowest BCUT2D eigenvalue weighted by molar-refractivity contribution is 0.0638. The van der Waals surface area contributed by atoms with E-state index >= 15 is 0 Å². The number of aromatic nitrogens is 1. The molecule has 1 aromatic carbocycles. The average Bonchev–Trinajstić information content (AvgIpc) is 3.14. The summed E-state index contributed by atoms with van der Waals surface area (Å²) in [6, 6.07) is 9.87. The van der Waals surface area contributed by atoms with Gasteiger partial charge in [-0.25, -0.2) is 9.18 Å². The second-order valence-corrected chi connectivity index (χ2v) is 7.16. The molecule has 2 aromatic heterocycles. The van der Waals surface area contributed by atoms with Crippen LogP contribution >= 0.6 is 11.3 Å². The van der Waals surface area contributed by atoms with Crippen LogP contribution in [-0.4, -0.2) is 53.0 Å². The number of ether oxygens (including phenoxy) is 1. The molecule has 0 bridgehead atoms. The normalized spacial score (nSPS) is 14.4. The fourth-order valence-corrected chi connectivity index (χ4v) is 3.99. The molecule has 0 atom stereocenters. The number of hydrogen-bond donors (Lipinski definition) is 0. The van der Waals surface area contributed by atoms with Gasteiger partial charge in [0.2, 0.25) is 0 Å². The van der Waals surface area contributed by atoms with Crippen molar-refractivity contribution in [3.63, 3.8) is 0 Å².